The smallest absolute Gasteiger partial charge is 0.272 e. The van der Waals surface area contributed by atoms with Crippen molar-refractivity contribution < 1.29 is 14.3 Å². The Morgan fingerprint density at radius 3 is 2.69 bits per heavy atom. The van der Waals surface area contributed by atoms with E-state index >= 15 is 0 Å². The maximum atomic E-state index is 13.3. The number of fused-ring (bicyclic) bond motifs is 2. The summed E-state index contributed by atoms with van der Waals surface area (Å²) < 4.78 is 7.51. The number of hydrogen-bond acceptors (Lipinski definition) is 7. The molecule has 0 fully saturated rings. The molecule has 2 aromatic carbocycles. The lowest BCUT2D eigenvalue weighted by atomic mass is 10.1. The number of carbonyl (C=O) groups is 2. The van der Waals surface area contributed by atoms with Gasteiger partial charge in [0.2, 0.25) is 0 Å². The molecule has 0 atom stereocenters. The van der Waals surface area contributed by atoms with Crippen LogP contribution in [0.15, 0.2) is 52.3 Å². The largest absolute Gasteiger partial charge is 0.494 e. The molecule has 0 unspecified atom stereocenters. The van der Waals surface area contributed by atoms with E-state index in [1.165, 1.54) is 18.3 Å². The minimum atomic E-state index is -0.304. The molecule has 0 saturated heterocycles. The number of nitrogens with zero attached hydrogens (tertiary/aromatic N) is 3. The molecule has 1 aromatic heterocycles. The molecule has 1 N–H and O–H groups in total. The van der Waals surface area contributed by atoms with Crippen molar-refractivity contribution in [2.24, 2.45) is 4.99 Å². The molecular weight excluding hydrogens is 428 g/mol. The summed E-state index contributed by atoms with van der Waals surface area (Å²) in [5.74, 6) is 0.341. The first-order valence-corrected chi connectivity index (χ1v) is 11.0. The second-order valence-corrected chi connectivity index (χ2v) is 8.48. The van der Waals surface area contributed by atoms with Crippen LogP contribution in [0.5, 0.6) is 5.75 Å². The number of thiazole rings is 1. The SMILES string of the molecule is CCOc1ccc2c(c1)C(=c1sc3n(c1=O)CN(c1ccc(C(C)=O)cc1)CN=3)C(=O)N2. The Kier molecular flexibility index (Phi) is 4.90. The summed E-state index contributed by atoms with van der Waals surface area (Å²) >= 11 is 1.22. The monoisotopic (exact) mass is 448 g/mol. The van der Waals surface area contributed by atoms with E-state index in [1.807, 2.05) is 24.0 Å². The van der Waals surface area contributed by atoms with Gasteiger partial charge in [0.15, 0.2) is 10.6 Å². The number of Topliss-reactive ketones (excluding diaryl/α,β-unsaturated/α-hetero) is 1. The van der Waals surface area contributed by atoms with Crippen LogP contribution >= 0.6 is 11.3 Å². The predicted molar refractivity (Wildman–Crippen MR) is 122 cm³/mol. The van der Waals surface area contributed by atoms with E-state index in [4.69, 9.17) is 4.74 Å². The average molecular weight is 449 g/mol. The second kappa shape index (κ2) is 7.76. The van der Waals surface area contributed by atoms with Crippen molar-refractivity contribution in [3.63, 3.8) is 0 Å². The highest BCUT2D eigenvalue weighted by Gasteiger charge is 2.28. The fourth-order valence-corrected chi connectivity index (χ4v) is 4.92. The van der Waals surface area contributed by atoms with Crippen molar-refractivity contribution >= 4 is 40.0 Å². The summed E-state index contributed by atoms with van der Waals surface area (Å²) in [4.78, 5) is 44.6. The molecule has 3 aromatic rings. The highest BCUT2D eigenvalue weighted by molar-refractivity contribution is 7.07. The fourth-order valence-electron chi connectivity index (χ4n) is 3.86. The van der Waals surface area contributed by atoms with Crippen LogP contribution in [0.1, 0.15) is 29.8 Å². The molecule has 0 spiro atoms. The third kappa shape index (κ3) is 3.31. The molecule has 0 saturated carbocycles. The third-order valence-corrected chi connectivity index (χ3v) is 6.58. The Morgan fingerprint density at radius 1 is 1.19 bits per heavy atom. The van der Waals surface area contributed by atoms with Gasteiger partial charge in [0.1, 0.15) is 23.6 Å². The van der Waals surface area contributed by atoms with Crippen LogP contribution in [0.4, 0.5) is 11.4 Å². The molecular formula is C23H20N4O4S. The molecule has 162 valence electrons. The van der Waals surface area contributed by atoms with Crippen LogP contribution < -0.4 is 29.8 Å². The van der Waals surface area contributed by atoms with Crippen molar-refractivity contribution in [2.45, 2.75) is 20.5 Å². The topological polar surface area (TPSA) is 93.0 Å². The van der Waals surface area contributed by atoms with E-state index in [0.29, 0.717) is 57.4 Å². The Labute approximate surface area is 187 Å². The van der Waals surface area contributed by atoms with Crippen molar-refractivity contribution in [3.05, 3.63) is 73.3 Å². The van der Waals surface area contributed by atoms with Crippen LogP contribution in [-0.2, 0) is 11.5 Å². The maximum absolute atomic E-state index is 13.3. The Hall–Kier alpha value is -3.72. The van der Waals surface area contributed by atoms with Crippen molar-refractivity contribution in [3.8, 4) is 5.75 Å². The number of rotatable bonds is 4. The highest BCUT2D eigenvalue weighted by Crippen LogP contribution is 2.33. The van der Waals surface area contributed by atoms with E-state index in [2.05, 4.69) is 10.3 Å². The summed E-state index contributed by atoms with van der Waals surface area (Å²) in [7, 11) is 0. The summed E-state index contributed by atoms with van der Waals surface area (Å²) in [5.41, 5.74) is 2.92. The van der Waals surface area contributed by atoms with Gasteiger partial charge in [0, 0.05) is 22.5 Å². The molecule has 2 aliphatic heterocycles. The first-order valence-electron chi connectivity index (χ1n) is 10.2. The van der Waals surface area contributed by atoms with Gasteiger partial charge in [-0.3, -0.25) is 19.0 Å². The molecule has 8 nitrogen and oxygen atoms in total. The number of aromatic nitrogens is 1. The van der Waals surface area contributed by atoms with Gasteiger partial charge >= 0.3 is 0 Å². The van der Waals surface area contributed by atoms with Crippen molar-refractivity contribution in [1.29, 1.82) is 0 Å². The van der Waals surface area contributed by atoms with E-state index in [-0.39, 0.29) is 17.2 Å². The van der Waals surface area contributed by atoms with Crippen LogP contribution in [0.2, 0.25) is 0 Å². The second-order valence-electron chi connectivity index (χ2n) is 7.50. The number of benzene rings is 2. The quantitative estimate of drug-likeness (QED) is 0.614. The van der Waals surface area contributed by atoms with Crippen molar-refractivity contribution in [1.82, 2.24) is 4.57 Å². The number of ketones is 1. The summed E-state index contributed by atoms with van der Waals surface area (Å²) in [6.45, 7) is 4.62. The van der Waals surface area contributed by atoms with Crippen LogP contribution in [0, 0.1) is 0 Å². The minimum absolute atomic E-state index is 0.000467. The lowest BCUT2D eigenvalue weighted by molar-refractivity contribution is -0.110. The van der Waals surface area contributed by atoms with Crippen LogP contribution in [-0.4, -0.2) is 29.5 Å². The average Bonchev–Trinajstić information content (AvgIpc) is 3.29. The number of ether oxygens (including phenoxy) is 1. The number of amides is 1. The van der Waals surface area contributed by atoms with E-state index < -0.39 is 0 Å². The zero-order chi connectivity index (χ0) is 22.4. The van der Waals surface area contributed by atoms with Gasteiger partial charge in [-0.1, -0.05) is 11.3 Å². The van der Waals surface area contributed by atoms with E-state index in [0.717, 1.165) is 5.69 Å². The molecule has 1 amide bonds. The molecule has 0 aliphatic carbocycles. The molecule has 9 heteroatoms. The minimum Gasteiger partial charge on any atom is -0.494 e. The summed E-state index contributed by atoms with van der Waals surface area (Å²) in [6.07, 6.45) is 0. The lowest BCUT2D eigenvalue weighted by Crippen LogP contribution is -2.43. The molecule has 32 heavy (non-hydrogen) atoms. The van der Waals surface area contributed by atoms with Crippen LogP contribution in [0.25, 0.3) is 5.57 Å². The van der Waals surface area contributed by atoms with Crippen molar-refractivity contribution in [2.75, 3.05) is 23.5 Å². The van der Waals surface area contributed by atoms with Gasteiger partial charge < -0.3 is 15.0 Å². The van der Waals surface area contributed by atoms with Gasteiger partial charge in [-0.05, 0) is 56.3 Å². The normalized spacial score (nSPS) is 16.2. The number of nitrogens with one attached hydrogen (secondary N) is 1. The zero-order valence-electron chi connectivity index (χ0n) is 17.5. The molecule has 5 rings (SSSR count). The zero-order valence-corrected chi connectivity index (χ0v) is 18.4. The number of anilines is 2. The van der Waals surface area contributed by atoms with Gasteiger partial charge in [0.05, 0.1) is 12.2 Å². The maximum Gasteiger partial charge on any atom is 0.272 e. The Balaban J connectivity index is 1.57. The predicted octanol–water partition coefficient (Wildman–Crippen LogP) is 1.72. The Bertz CT molecular complexity index is 1440. The first-order chi connectivity index (χ1) is 15.5. The van der Waals surface area contributed by atoms with E-state index in [9.17, 15) is 14.4 Å². The number of hydrogen-bond donors (Lipinski definition) is 1. The summed E-state index contributed by atoms with van der Waals surface area (Å²) in [5, 5.41) is 2.83. The molecule has 2 aliphatic rings. The number of carbonyl (C=O) groups excluding carboxylic acids is 2. The lowest BCUT2D eigenvalue weighted by Gasteiger charge is -2.25. The first kappa shape index (κ1) is 20.2. The molecule has 3 heterocycles. The fraction of sp³-hybridized carbons (Fsp3) is 0.217. The summed E-state index contributed by atoms with van der Waals surface area (Å²) in [6, 6.07) is 12.6. The molecule has 0 bridgehead atoms. The third-order valence-electron chi connectivity index (χ3n) is 5.47. The van der Waals surface area contributed by atoms with Crippen LogP contribution in [0.3, 0.4) is 0 Å². The van der Waals surface area contributed by atoms with Gasteiger partial charge in [-0.15, -0.1) is 0 Å². The standard InChI is InChI=1S/C23H20N4O4S/c1-3-31-16-8-9-18-17(10-16)19(21(29)25-18)20-22(30)27-12-26(11-24-23(27)32-20)15-6-4-14(5-7-15)13(2)28/h4-10H,3,11-12H2,1-2H3,(H,25,29). The van der Waals surface area contributed by atoms with Gasteiger partial charge in [-0.2, -0.15) is 0 Å². The Morgan fingerprint density at radius 2 is 1.97 bits per heavy atom. The van der Waals surface area contributed by atoms with Gasteiger partial charge in [-0.25, -0.2) is 4.99 Å². The van der Waals surface area contributed by atoms with E-state index in [1.54, 1.807) is 34.9 Å². The highest BCUT2D eigenvalue weighted by atomic mass is 32.1. The van der Waals surface area contributed by atoms with Gasteiger partial charge in [0.25, 0.3) is 11.5 Å². The molecule has 0 radical (unpaired) electrons.